The van der Waals surface area contributed by atoms with Crippen LogP contribution < -0.4 is 5.43 Å². The quantitative estimate of drug-likeness (QED) is 0.761. The van der Waals surface area contributed by atoms with E-state index in [2.05, 4.69) is 42.2 Å². The van der Waals surface area contributed by atoms with Gasteiger partial charge in [0.2, 0.25) is 0 Å². The Balaban J connectivity index is 1.74. The Hall–Kier alpha value is -1.43. The second kappa shape index (κ2) is 8.30. The number of hydrogen-bond donors (Lipinski definition) is 1. The summed E-state index contributed by atoms with van der Waals surface area (Å²) < 4.78 is -0.256. The molecule has 1 heterocycles. The Morgan fingerprint density at radius 3 is 2.28 bits per heavy atom. The smallest absolute Gasteiger partial charge is 0.268 e. The first-order valence-electron chi connectivity index (χ1n) is 8.48. The van der Waals surface area contributed by atoms with Crippen LogP contribution in [0.2, 0.25) is 0 Å². The minimum atomic E-state index is -0.256. The molecule has 1 atom stereocenters. The van der Waals surface area contributed by atoms with E-state index in [0.717, 1.165) is 24.8 Å². The van der Waals surface area contributed by atoms with E-state index in [1.165, 1.54) is 5.56 Å². The Morgan fingerprint density at radius 1 is 1.08 bits per heavy atom. The molecule has 0 radical (unpaired) electrons. The van der Waals surface area contributed by atoms with Crippen molar-refractivity contribution < 1.29 is 4.79 Å². The fourth-order valence-electron chi connectivity index (χ4n) is 3.24. The molecular formula is C20H24N2OS2. The van der Waals surface area contributed by atoms with Crippen LogP contribution in [0.1, 0.15) is 28.8 Å². The van der Waals surface area contributed by atoms with E-state index in [9.17, 15) is 4.79 Å². The molecule has 132 valence electrons. The molecule has 3 rings (SSSR count). The van der Waals surface area contributed by atoms with E-state index >= 15 is 0 Å². The van der Waals surface area contributed by atoms with Gasteiger partial charge in [-0.25, -0.2) is 10.4 Å². The number of hydrogen-bond acceptors (Lipinski definition) is 4. The molecule has 0 bridgehead atoms. The topological polar surface area (TPSA) is 32.3 Å². The molecular weight excluding hydrogens is 348 g/mol. The van der Waals surface area contributed by atoms with Crippen molar-refractivity contribution in [2.45, 2.75) is 29.5 Å². The molecule has 0 aliphatic carbocycles. The van der Waals surface area contributed by atoms with Gasteiger partial charge in [0.15, 0.2) is 4.20 Å². The Kier molecular flexibility index (Phi) is 6.10. The largest absolute Gasteiger partial charge is 0.270 e. The molecule has 1 aliphatic rings. The maximum Gasteiger partial charge on any atom is 0.270 e. The van der Waals surface area contributed by atoms with Crippen LogP contribution in [0, 0.1) is 0 Å². The van der Waals surface area contributed by atoms with Crippen molar-refractivity contribution in [3.63, 3.8) is 0 Å². The third-order valence-corrected chi connectivity index (χ3v) is 7.62. The standard InChI is InChI=1S/C20H24N2OS2/c1-24-20(25-2)15-18(14-13-16-9-5-3-6-10-16)21-22(20)19(23)17-11-7-4-8-12-17/h3-12,18,21H,13-15H2,1-2H3/t18-/m0/s1. The van der Waals surface area contributed by atoms with Gasteiger partial charge in [0.25, 0.3) is 5.91 Å². The van der Waals surface area contributed by atoms with Crippen LogP contribution in [0.5, 0.6) is 0 Å². The summed E-state index contributed by atoms with van der Waals surface area (Å²) >= 11 is 3.48. The number of amides is 1. The van der Waals surface area contributed by atoms with Crippen molar-refractivity contribution in [3.05, 3.63) is 71.8 Å². The minimum absolute atomic E-state index is 0.0477. The third kappa shape index (κ3) is 4.05. The zero-order valence-electron chi connectivity index (χ0n) is 14.6. The number of carbonyl (C=O) groups is 1. The van der Waals surface area contributed by atoms with Crippen LogP contribution in [-0.4, -0.2) is 33.7 Å². The van der Waals surface area contributed by atoms with Crippen molar-refractivity contribution in [3.8, 4) is 0 Å². The first-order chi connectivity index (χ1) is 12.2. The molecule has 2 aromatic rings. The number of nitrogens with one attached hydrogen (secondary N) is 1. The number of hydrazine groups is 1. The van der Waals surface area contributed by atoms with Crippen molar-refractivity contribution in [1.82, 2.24) is 10.4 Å². The lowest BCUT2D eigenvalue weighted by atomic mass is 10.0. The van der Waals surface area contributed by atoms with Crippen molar-refractivity contribution in [2.75, 3.05) is 12.5 Å². The first-order valence-corrected chi connectivity index (χ1v) is 10.9. The second-order valence-electron chi connectivity index (χ2n) is 6.18. The highest BCUT2D eigenvalue weighted by atomic mass is 32.2. The van der Waals surface area contributed by atoms with Gasteiger partial charge in [-0.15, -0.1) is 23.5 Å². The molecule has 3 nitrogen and oxygen atoms in total. The highest BCUT2D eigenvalue weighted by molar-refractivity contribution is 8.17. The van der Waals surface area contributed by atoms with E-state index in [1.54, 1.807) is 23.5 Å². The summed E-state index contributed by atoms with van der Waals surface area (Å²) in [6.45, 7) is 0. The highest BCUT2D eigenvalue weighted by Gasteiger charge is 2.47. The molecule has 1 aliphatic heterocycles. The van der Waals surface area contributed by atoms with Gasteiger partial charge in [0.1, 0.15) is 0 Å². The van der Waals surface area contributed by atoms with E-state index < -0.39 is 0 Å². The van der Waals surface area contributed by atoms with Gasteiger partial charge in [0, 0.05) is 18.0 Å². The predicted molar refractivity (Wildman–Crippen MR) is 109 cm³/mol. The molecule has 0 spiro atoms. The summed E-state index contributed by atoms with van der Waals surface area (Å²) in [5.74, 6) is 0.0477. The summed E-state index contributed by atoms with van der Waals surface area (Å²) in [5, 5.41) is 1.85. The van der Waals surface area contributed by atoms with Crippen LogP contribution in [0.4, 0.5) is 0 Å². The number of rotatable bonds is 6. The predicted octanol–water partition coefficient (Wildman–Crippen LogP) is 4.42. The van der Waals surface area contributed by atoms with Crippen molar-refractivity contribution in [2.24, 2.45) is 0 Å². The second-order valence-corrected chi connectivity index (χ2v) is 8.61. The van der Waals surface area contributed by atoms with Crippen LogP contribution in [0.3, 0.4) is 0 Å². The SMILES string of the molecule is CSC1(SC)C[C@H](CCc2ccccc2)NN1C(=O)c1ccccc1. The monoisotopic (exact) mass is 372 g/mol. The average molecular weight is 373 g/mol. The summed E-state index contributed by atoms with van der Waals surface area (Å²) in [5.41, 5.74) is 5.57. The summed E-state index contributed by atoms with van der Waals surface area (Å²) in [4.78, 5) is 13.0. The number of carbonyl (C=O) groups excluding carboxylic acids is 1. The molecule has 0 aromatic heterocycles. The number of benzene rings is 2. The minimum Gasteiger partial charge on any atom is -0.268 e. The molecule has 5 heteroatoms. The van der Waals surface area contributed by atoms with Gasteiger partial charge in [-0.05, 0) is 43.0 Å². The molecule has 25 heavy (non-hydrogen) atoms. The molecule has 1 fully saturated rings. The summed E-state index contributed by atoms with van der Waals surface area (Å²) in [7, 11) is 0. The average Bonchev–Trinajstić information content (AvgIpc) is 3.06. The summed E-state index contributed by atoms with van der Waals surface area (Å²) in [6, 6.07) is 20.4. The van der Waals surface area contributed by atoms with E-state index in [-0.39, 0.29) is 10.1 Å². The third-order valence-electron chi connectivity index (χ3n) is 4.64. The lowest BCUT2D eigenvalue weighted by Crippen LogP contribution is -2.48. The zero-order valence-corrected chi connectivity index (χ0v) is 16.3. The molecule has 0 saturated carbocycles. The van der Waals surface area contributed by atoms with Crippen LogP contribution in [-0.2, 0) is 6.42 Å². The first kappa shape index (κ1) is 18.4. The molecule has 1 amide bonds. The maximum atomic E-state index is 13.0. The summed E-state index contributed by atoms with van der Waals surface area (Å²) in [6.07, 6.45) is 7.16. The normalized spacial score (nSPS) is 19.1. The molecule has 2 aromatic carbocycles. The van der Waals surface area contributed by atoms with Crippen LogP contribution in [0.25, 0.3) is 0 Å². The van der Waals surface area contributed by atoms with Gasteiger partial charge in [0.05, 0.1) is 0 Å². The fraction of sp³-hybridized carbons (Fsp3) is 0.350. The van der Waals surface area contributed by atoms with Gasteiger partial charge < -0.3 is 0 Å². The lowest BCUT2D eigenvalue weighted by molar-refractivity contribution is 0.0675. The van der Waals surface area contributed by atoms with Crippen molar-refractivity contribution >= 4 is 29.4 Å². The van der Waals surface area contributed by atoms with E-state index in [4.69, 9.17) is 0 Å². The molecule has 0 unspecified atom stereocenters. The Labute approximate surface area is 158 Å². The van der Waals surface area contributed by atoms with Crippen LogP contribution >= 0.6 is 23.5 Å². The van der Waals surface area contributed by atoms with Gasteiger partial charge >= 0.3 is 0 Å². The molecule has 1 N–H and O–H groups in total. The van der Waals surface area contributed by atoms with Gasteiger partial charge in [-0.2, -0.15) is 0 Å². The van der Waals surface area contributed by atoms with Crippen LogP contribution in [0.15, 0.2) is 60.7 Å². The van der Waals surface area contributed by atoms with E-state index in [0.29, 0.717) is 6.04 Å². The van der Waals surface area contributed by atoms with Gasteiger partial charge in [-0.3, -0.25) is 4.79 Å². The number of aryl methyl sites for hydroxylation is 1. The van der Waals surface area contributed by atoms with E-state index in [1.807, 2.05) is 41.4 Å². The zero-order chi connectivity index (χ0) is 17.7. The van der Waals surface area contributed by atoms with Crippen molar-refractivity contribution in [1.29, 1.82) is 0 Å². The van der Waals surface area contributed by atoms with Gasteiger partial charge in [-0.1, -0.05) is 48.5 Å². The maximum absolute atomic E-state index is 13.0. The number of thioether (sulfide) groups is 2. The Morgan fingerprint density at radius 2 is 1.68 bits per heavy atom. The molecule has 1 saturated heterocycles. The fourth-order valence-corrected chi connectivity index (χ4v) is 5.28. The lowest BCUT2D eigenvalue weighted by Gasteiger charge is -2.34. The Bertz CT molecular complexity index is 689. The highest BCUT2D eigenvalue weighted by Crippen LogP contribution is 2.45. The number of nitrogens with zero attached hydrogens (tertiary/aromatic N) is 1.